The predicted octanol–water partition coefficient (Wildman–Crippen LogP) is 2.28. The van der Waals surface area contributed by atoms with Gasteiger partial charge in [-0.05, 0) is 30.7 Å². The second kappa shape index (κ2) is 5.49. The zero-order chi connectivity index (χ0) is 9.64. The smallest absolute Gasteiger partial charge is 0.0151 e. The highest BCUT2D eigenvalue weighted by atomic mass is 32.1. The Morgan fingerprint density at radius 2 is 2.14 bits per heavy atom. The minimum absolute atomic E-state index is 1.08. The van der Waals surface area contributed by atoms with Crippen LogP contribution in [0.15, 0.2) is 17.5 Å². The highest BCUT2D eigenvalue weighted by Crippen LogP contribution is 2.09. The van der Waals surface area contributed by atoms with E-state index in [2.05, 4.69) is 27.9 Å². The van der Waals surface area contributed by atoms with Gasteiger partial charge in [-0.25, -0.2) is 5.01 Å². The fourth-order valence-electron chi connectivity index (χ4n) is 1.84. The van der Waals surface area contributed by atoms with Gasteiger partial charge in [-0.2, -0.15) is 0 Å². The zero-order valence-corrected chi connectivity index (χ0v) is 9.35. The predicted molar refractivity (Wildman–Crippen MR) is 61.4 cm³/mol. The molecular formula is C11H18N2S. The van der Waals surface area contributed by atoms with Crippen LogP contribution in [0.4, 0.5) is 0 Å². The van der Waals surface area contributed by atoms with Crippen molar-refractivity contribution in [2.45, 2.75) is 25.7 Å². The molecule has 1 aromatic rings. The van der Waals surface area contributed by atoms with Crippen LogP contribution in [0.2, 0.25) is 0 Å². The number of rotatable bonds is 4. The molecule has 1 fully saturated rings. The molecule has 0 aliphatic carbocycles. The first-order valence-corrected chi connectivity index (χ1v) is 6.34. The molecule has 2 rings (SSSR count). The van der Waals surface area contributed by atoms with Gasteiger partial charge in [0.15, 0.2) is 0 Å². The number of piperidine rings is 1. The molecule has 0 aromatic carbocycles. The lowest BCUT2D eigenvalue weighted by molar-refractivity contribution is 0.156. The van der Waals surface area contributed by atoms with Gasteiger partial charge in [-0.15, -0.1) is 11.3 Å². The first-order valence-electron chi connectivity index (χ1n) is 5.46. The maximum atomic E-state index is 3.50. The van der Waals surface area contributed by atoms with E-state index in [-0.39, 0.29) is 0 Å². The molecule has 2 nitrogen and oxygen atoms in total. The molecular weight excluding hydrogens is 192 g/mol. The first kappa shape index (κ1) is 10.1. The van der Waals surface area contributed by atoms with Crippen LogP contribution in [0.1, 0.15) is 24.1 Å². The Hall–Kier alpha value is -0.380. The number of hydrogen-bond donors (Lipinski definition) is 1. The number of nitrogens with zero attached hydrogens (tertiary/aromatic N) is 1. The van der Waals surface area contributed by atoms with E-state index >= 15 is 0 Å². The minimum Gasteiger partial charge on any atom is -0.255 e. The molecule has 14 heavy (non-hydrogen) atoms. The summed E-state index contributed by atoms with van der Waals surface area (Å²) in [5.41, 5.74) is 3.50. The molecule has 0 radical (unpaired) electrons. The van der Waals surface area contributed by atoms with Crippen molar-refractivity contribution in [3.63, 3.8) is 0 Å². The van der Waals surface area contributed by atoms with Crippen LogP contribution in [0, 0.1) is 0 Å². The normalized spacial score (nSPS) is 18.6. The monoisotopic (exact) mass is 210 g/mol. The van der Waals surface area contributed by atoms with Crippen molar-refractivity contribution < 1.29 is 0 Å². The molecule has 1 aliphatic rings. The van der Waals surface area contributed by atoms with Crippen LogP contribution in [-0.4, -0.2) is 24.6 Å². The summed E-state index contributed by atoms with van der Waals surface area (Å²) in [7, 11) is 0. The van der Waals surface area contributed by atoms with Crippen molar-refractivity contribution in [1.82, 2.24) is 10.4 Å². The van der Waals surface area contributed by atoms with Crippen LogP contribution in [0.3, 0.4) is 0 Å². The Balaban J connectivity index is 1.62. The van der Waals surface area contributed by atoms with Crippen LogP contribution in [-0.2, 0) is 6.42 Å². The van der Waals surface area contributed by atoms with E-state index in [9.17, 15) is 0 Å². The van der Waals surface area contributed by atoms with Crippen molar-refractivity contribution in [2.75, 3.05) is 19.6 Å². The molecule has 2 heterocycles. The molecule has 0 unspecified atom stereocenters. The Labute approximate surface area is 89.9 Å². The zero-order valence-electron chi connectivity index (χ0n) is 8.54. The lowest BCUT2D eigenvalue weighted by Crippen LogP contribution is -2.42. The van der Waals surface area contributed by atoms with Gasteiger partial charge in [0.05, 0.1) is 0 Å². The van der Waals surface area contributed by atoms with E-state index in [0.29, 0.717) is 0 Å². The van der Waals surface area contributed by atoms with E-state index in [1.807, 2.05) is 11.3 Å². The van der Waals surface area contributed by atoms with Gasteiger partial charge in [-0.1, -0.05) is 12.5 Å². The molecule has 0 atom stereocenters. The van der Waals surface area contributed by atoms with E-state index in [1.54, 1.807) is 0 Å². The molecule has 1 aliphatic heterocycles. The Kier molecular flexibility index (Phi) is 3.98. The molecule has 1 aromatic heterocycles. The molecule has 0 bridgehead atoms. The molecule has 0 saturated carbocycles. The summed E-state index contributed by atoms with van der Waals surface area (Å²) in [6.45, 7) is 3.54. The molecule has 1 N–H and O–H groups in total. The van der Waals surface area contributed by atoms with Gasteiger partial charge in [0.25, 0.3) is 0 Å². The summed E-state index contributed by atoms with van der Waals surface area (Å²) < 4.78 is 0. The molecule has 3 heteroatoms. The molecule has 0 spiro atoms. The third-order valence-corrected chi connectivity index (χ3v) is 3.58. The average Bonchev–Trinajstić information content (AvgIpc) is 2.72. The van der Waals surface area contributed by atoms with Gasteiger partial charge in [-0.3, -0.25) is 5.43 Å². The van der Waals surface area contributed by atoms with Gasteiger partial charge in [0.2, 0.25) is 0 Å². The van der Waals surface area contributed by atoms with Gasteiger partial charge >= 0.3 is 0 Å². The van der Waals surface area contributed by atoms with E-state index in [0.717, 1.165) is 13.0 Å². The standard InChI is InChI=1S/C11H18N2S/c1-2-8-13(9-3-1)12-7-6-11-5-4-10-14-11/h4-5,10,12H,1-3,6-9H2. The van der Waals surface area contributed by atoms with Crippen molar-refractivity contribution in [3.05, 3.63) is 22.4 Å². The fraction of sp³-hybridized carbons (Fsp3) is 0.636. The average molecular weight is 210 g/mol. The number of thiophene rings is 1. The van der Waals surface area contributed by atoms with E-state index in [1.165, 1.54) is 37.2 Å². The summed E-state index contributed by atoms with van der Waals surface area (Å²) >= 11 is 1.85. The lowest BCUT2D eigenvalue weighted by Gasteiger charge is -2.26. The second-order valence-corrected chi connectivity index (χ2v) is 4.82. The van der Waals surface area contributed by atoms with Crippen molar-refractivity contribution in [2.24, 2.45) is 0 Å². The largest absolute Gasteiger partial charge is 0.255 e. The van der Waals surface area contributed by atoms with Gasteiger partial charge < -0.3 is 0 Å². The highest BCUT2D eigenvalue weighted by molar-refractivity contribution is 7.09. The Bertz CT molecular complexity index is 240. The summed E-state index contributed by atoms with van der Waals surface area (Å²) in [5, 5.41) is 4.52. The quantitative estimate of drug-likeness (QED) is 0.820. The summed E-state index contributed by atoms with van der Waals surface area (Å²) in [6.07, 6.45) is 5.27. The third-order valence-electron chi connectivity index (χ3n) is 2.64. The maximum absolute atomic E-state index is 3.50. The van der Waals surface area contributed by atoms with Crippen molar-refractivity contribution >= 4 is 11.3 Å². The SMILES string of the molecule is c1csc(CCNN2CCCCC2)c1. The number of hydrazine groups is 1. The number of nitrogens with one attached hydrogen (secondary N) is 1. The summed E-state index contributed by atoms with van der Waals surface area (Å²) in [5.74, 6) is 0. The fourth-order valence-corrected chi connectivity index (χ4v) is 2.55. The topological polar surface area (TPSA) is 15.3 Å². The first-order chi connectivity index (χ1) is 6.95. The summed E-state index contributed by atoms with van der Waals surface area (Å²) in [4.78, 5) is 1.48. The van der Waals surface area contributed by atoms with E-state index < -0.39 is 0 Å². The van der Waals surface area contributed by atoms with Crippen LogP contribution in [0.5, 0.6) is 0 Å². The van der Waals surface area contributed by atoms with Gasteiger partial charge in [0.1, 0.15) is 0 Å². The molecule has 1 saturated heterocycles. The van der Waals surface area contributed by atoms with E-state index in [4.69, 9.17) is 0 Å². The van der Waals surface area contributed by atoms with Crippen LogP contribution in [0.25, 0.3) is 0 Å². The second-order valence-electron chi connectivity index (χ2n) is 3.79. The highest BCUT2D eigenvalue weighted by Gasteiger charge is 2.08. The van der Waals surface area contributed by atoms with Crippen LogP contribution >= 0.6 is 11.3 Å². The Morgan fingerprint density at radius 3 is 2.86 bits per heavy atom. The van der Waals surface area contributed by atoms with Crippen molar-refractivity contribution in [1.29, 1.82) is 0 Å². The van der Waals surface area contributed by atoms with Crippen LogP contribution < -0.4 is 5.43 Å². The minimum atomic E-state index is 1.08. The molecule has 0 amide bonds. The third kappa shape index (κ3) is 3.08. The summed E-state index contributed by atoms with van der Waals surface area (Å²) in [6, 6.07) is 4.34. The Morgan fingerprint density at radius 1 is 1.29 bits per heavy atom. The van der Waals surface area contributed by atoms with Gasteiger partial charge in [0, 0.05) is 24.5 Å². The number of hydrogen-bond acceptors (Lipinski definition) is 3. The molecule has 78 valence electrons. The lowest BCUT2D eigenvalue weighted by atomic mass is 10.2. The van der Waals surface area contributed by atoms with Crippen molar-refractivity contribution in [3.8, 4) is 0 Å². The maximum Gasteiger partial charge on any atom is 0.0151 e.